The van der Waals surface area contributed by atoms with Crippen LogP contribution < -0.4 is 9.44 Å². The molecule has 5 nitrogen and oxygen atoms in total. The number of nitrogens with one attached hydrogen (secondary N) is 2. The quantitative estimate of drug-likeness (QED) is 0.724. The zero-order chi connectivity index (χ0) is 13.3. The van der Waals surface area contributed by atoms with Crippen molar-refractivity contribution in [3.63, 3.8) is 0 Å². The summed E-state index contributed by atoms with van der Waals surface area (Å²) < 4.78 is 40.4. The molecule has 0 amide bonds. The van der Waals surface area contributed by atoms with Gasteiger partial charge in [0.1, 0.15) is 11.6 Å². The van der Waals surface area contributed by atoms with Crippen LogP contribution in [0.25, 0.3) is 0 Å². The predicted molar refractivity (Wildman–Crippen MR) is 63.5 cm³/mol. The maximum Gasteiger partial charge on any atom is 0.299 e. The molecule has 0 saturated heterocycles. The smallest absolute Gasteiger partial charge is 0.299 e. The van der Waals surface area contributed by atoms with Gasteiger partial charge in [0.15, 0.2) is 0 Å². The molecule has 0 atom stereocenters. The maximum absolute atomic E-state index is 12.7. The van der Waals surface area contributed by atoms with Gasteiger partial charge in [0.2, 0.25) is 0 Å². The number of aromatic hydroxyl groups is 1. The van der Waals surface area contributed by atoms with Gasteiger partial charge in [0.05, 0.1) is 5.69 Å². The lowest BCUT2D eigenvalue weighted by Crippen LogP contribution is -2.43. The molecule has 0 bridgehead atoms. The molecule has 96 valence electrons. The monoisotopic (exact) mass is 262 g/mol. The Labute approximate surface area is 99.8 Å². The number of phenolic OH excluding ortho intramolecular Hbond substituents is 1. The molecule has 0 aromatic heterocycles. The highest BCUT2D eigenvalue weighted by atomic mass is 32.2. The van der Waals surface area contributed by atoms with E-state index in [-0.39, 0.29) is 5.69 Å². The lowest BCUT2D eigenvalue weighted by molar-refractivity contribution is 0.470. The molecule has 0 aliphatic rings. The van der Waals surface area contributed by atoms with Gasteiger partial charge in [0.25, 0.3) is 10.2 Å². The first-order valence-electron chi connectivity index (χ1n) is 4.89. The Morgan fingerprint density at radius 3 is 2.35 bits per heavy atom. The van der Waals surface area contributed by atoms with Crippen LogP contribution in [-0.2, 0) is 10.2 Å². The molecule has 7 heteroatoms. The molecule has 0 saturated carbocycles. The number of rotatable bonds is 3. The molecule has 1 rings (SSSR count). The van der Waals surface area contributed by atoms with E-state index in [0.29, 0.717) is 0 Å². The normalized spacial score (nSPS) is 12.5. The lowest BCUT2D eigenvalue weighted by Gasteiger charge is -2.21. The van der Waals surface area contributed by atoms with E-state index >= 15 is 0 Å². The van der Waals surface area contributed by atoms with Gasteiger partial charge in [0, 0.05) is 11.6 Å². The first kappa shape index (κ1) is 13.7. The predicted octanol–water partition coefficient (Wildman–Crippen LogP) is 1.58. The molecular weight excluding hydrogens is 247 g/mol. The summed E-state index contributed by atoms with van der Waals surface area (Å²) in [6, 6.07) is 3.02. The van der Waals surface area contributed by atoms with Crippen LogP contribution in [0.5, 0.6) is 5.75 Å². The van der Waals surface area contributed by atoms with Crippen LogP contribution in [0.3, 0.4) is 0 Å². The maximum atomic E-state index is 12.7. The third kappa shape index (κ3) is 4.58. The Kier molecular flexibility index (Phi) is 3.63. The minimum atomic E-state index is -3.81. The lowest BCUT2D eigenvalue weighted by atomic mass is 10.1. The number of hydrogen-bond donors (Lipinski definition) is 3. The van der Waals surface area contributed by atoms with Gasteiger partial charge in [-0.05, 0) is 32.9 Å². The fraction of sp³-hybridized carbons (Fsp3) is 0.400. The third-order valence-electron chi connectivity index (χ3n) is 1.64. The van der Waals surface area contributed by atoms with Gasteiger partial charge >= 0.3 is 0 Å². The van der Waals surface area contributed by atoms with Gasteiger partial charge in [-0.25, -0.2) is 4.39 Å². The van der Waals surface area contributed by atoms with E-state index in [4.69, 9.17) is 0 Å². The topological polar surface area (TPSA) is 78.4 Å². The van der Waals surface area contributed by atoms with Crippen LogP contribution in [0.4, 0.5) is 10.1 Å². The van der Waals surface area contributed by atoms with Gasteiger partial charge in [-0.2, -0.15) is 13.1 Å². The summed E-state index contributed by atoms with van der Waals surface area (Å²) >= 11 is 0. The first-order chi connectivity index (χ1) is 7.59. The highest BCUT2D eigenvalue weighted by Crippen LogP contribution is 2.24. The second-order valence-electron chi connectivity index (χ2n) is 4.62. The summed E-state index contributed by atoms with van der Waals surface area (Å²) in [5, 5.41) is 9.36. The fourth-order valence-electron chi connectivity index (χ4n) is 1.16. The first-order valence-corrected chi connectivity index (χ1v) is 6.38. The summed E-state index contributed by atoms with van der Waals surface area (Å²) in [5.74, 6) is -1.11. The Morgan fingerprint density at radius 2 is 1.88 bits per heavy atom. The molecule has 0 fully saturated rings. The second-order valence-corrected chi connectivity index (χ2v) is 6.03. The summed E-state index contributed by atoms with van der Waals surface area (Å²) in [4.78, 5) is 0. The fourth-order valence-corrected chi connectivity index (χ4v) is 2.48. The van der Waals surface area contributed by atoms with Crippen molar-refractivity contribution in [3.8, 4) is 5.75 Å². The highest BCUT2D eigenvalue weighted by molar-refractivity contribution is 7.90. The van der Waals surface area contributed by atoms with Gasteiger partial charge in [-0.15, -0.1) is 0 Å². The standard InChI is InChI=1S/C10H15FN2O3S/c1-10(2,3)13-17(15,16)12-8-5-4-7(11)6-9(8)14/h4-6,12-14H,1-3H3. The van der Waals surface area contributed by atoms with Crippen LogP contribution in [0.2, 0.25) is 0 Å². The second kappa shape index (κ2) is 4.50. The summed E-state index contributed by atoms with van der Waals surface area (Å²) in [7, 11) is -3.81. The minimum absolute atomic E-state index is 0.0804. The molecule has 0 spiro atoms. The van der Waals surface area contributed by atoms with Crippen molar-refractivity contribution in [2.75, 3.05) is 4.72 Å². The van der Waals surface area contributed by atoms with Crippen molar-refractivity contribution < 1.29 is 17.9 Å². The Morgan fingerprint density at radius 1 is 1.29 bits per heavy atom. The van der Waals surface area contributed by atoms with Crippen LogP contribution >= 0.6 is 0 Å². The van der Waals surface area contributed by atoms with Crippen molar-refractivity contribution in [1.82, 2.24) is 4.72 Å². The molecule has 0 radical (unpaired) electrons. The molecule has 0 heterocycles. The summed E-state index contributed by atoms with van der Waals surface area (Å²) in [6.45, 7) is 5.03. The van der Waals surface area contributed by atoms with E-state index in [1.165, 1.54) is 0 Å². The van der Waals surface area contributed by atoms with E-state index in [9.17, 15) is 17.9 Å². The van der Waals surface area contributed by atoms with Gasteiger partial charge < -0.3 is 5.11 Å². The van der Waals surface area contributed by atoms with E-state index in [1.807, 2.05) is 0 Å². The van der Waals surface area contributed by atoms with Crippen LogP contribution in [-0.4, -0.2) is 19.1 Å². The molecule has 0 unspecified atom stereocenters. The SMILES string of the molecule is CC(C)(C)NS(=O)(=O)Nc1ccc(F)cc1O. The molecule has 0 aliphatic carbocycles. The summed E-state index contributed by atoms with van der Waals surface area (Å²) in [6.07, 6.45) is 0. The number of benzene rings is 1. The Balaban J connectivity index is 2.91. The van der Waals surface area contributed by atoms with E-state index in [1.54, 1.807) is 20.8 Å². The largest absolute Gasteiger partial charge is 0.506 e. The van der Waals surface area contributed by atoms with Crippen molar-refractivity contribution in [2.24, 2.45) is 0 Å². The average molecular weight is 262 g/mol. The molecule has 0 aliphatic heterocycles. The van der Waals surface area contributed by atoms with Crippen molar-refractivity contribution in [1.29, 1.82) is 0 Å². The van der Waals surface area contributed by atoms with Gasteiger partial charge in [-0.3, -0.25) is 4.72 Å². The van der Waals surface area contributed by atoms with Crippen LogP contribution in [0, 0.1) is 5.82 Å². The average Bonchev–Trinajstić information content (AvgIpc) is 2.05. The van der Waals surface area contributed by atoms with Crippen molar-refractivity contribution in [2.45, 2.75) is 26.3 Å². The molecule has 17 heavy (non-hydrogen) atoms. The third-order valence-corrected chi connectivity index (χ3v) is 3.01. The molecule has 1 aromatic carbocycles. The summed E-state index contributed by atoms with van der Waals surface area (Å²) in [5.41, 5.74) is -0.732. The zero-order valence-corrected chi connectivity index (χ0v) is 10.6. The molecular formula is C10H15FN2O3S. The number of halogens is 1. The molecule has 1 aromatic rings. The van der Waals surface area contributed by atoms with Crippen LogP contribution in [0.15, 0.2) is 18.2 Å². The minimum Gasteiger partial charge on any atom is -0.506 e. The molecule has 3 N–H and O–H groups in total. The van der Waals surface area contributed by atoms with Crippen molar-refractivity contribution in [3.05, 3.63) is 24.0 Å². The highest BCUT2D eigenvalue weighted by Gasteiger charge is 2.20. The van der Waals surface area contributed by atoms with E-state index in [0.717, 1.165) is 18.2 Å². The van der Waals surface area contributed by atoms with E-state index in [2.05, 4.69) is 9.44 Å². The van der Waals surface area contributed by atoms with Crippen molar-refractivity contribution >= 4 is 15.9 Å². The number of hydrogen-bond acceptors (Lipinski definition) is 3. The Hall–Kier alpha value is -1.34. The van der Waals surface area contributed by atoms with Gasteiger partial charge in [-0.1, -0.05) is 0 Å². The number of anilines is 1. The number of phenols is 1. The van der Waals surface area contributed by atoms with E-state index < -0.39 is 27.3 Å². The Bertz CT molecular complexity index is 509. The zero-order valence-electron chi connectivity index (χ0n) is 9.78. The van der Waals surface area contributed by atoms with Crippen LogP contribution in [0.1, 0.15) is 20.8 Å².